The van der Waals surface area contributed by atoms with Crippen LogP contribution in [0.25, 0.3) is 0 Å². The molecule has 0 saturated carbocycles. The minimum atomic E-state index is -0.489. The van der Waals surface area contributed by atoms with E-state index in [1.165, 1.54) is 18.4 Å². The number of hydrogen-bond donors (Lipinski definition) is 1. The second kappa shape index (κ2) is 7.08. The Kier molecular flexibility index (Phi) is 4.91. The average Bonchev–Trinajstić information content (AvgIpc) is 2.58. The van der Waals surface area contributed by atoms with Crippen molar-refractivity contribution in [3.8, 4) is 0 Å². The van der Waals surface area contributed by atoms with Crippen LogP contribution in [0.1, 0.15) is 43.0 Å². The standard InChI is InChI=1S/C20H25NO/c1-16-12-14-21(15-13-16)19(17-8-4-2-5-9-17)20(22)18-10-6-3-7-11-18/h2-11,16,19-20,22H,12-15H2,1H3. The smallest absolute Gasteiger partial charge is 0.0986 e. The molecule has 0 aliphatic carbocycles. The highest BCUT2D eigenvalue weighted by molar-refractivity contribution is 5.26. The van der Waals surface area contributed by atoms with E-state index in [0.29, 0.717) is 0 Å². The van der Waals surface area contributed by atoms with Gasteiger partial charge in [-0.3, -0.25) is 4.90 Å². The molecule has 2 heteroatoms. The van der Waals surface area contributed by atoms with Crippen molar-refractivity contribution in [3.63, 3.8) is 0 Å². The number of aliphatic hydroxyl groups is 1. The van der Waals surface area contributed by atoms with E-state index >= 15 is 0 Å². The molecule has 0 radical (unpaired) electrons. The number of benzene rings is 2. The summed E-state index contributed by atoms with van der Waals surface area (Å²) in [4.78, 5) is 2.45. The molecule has 1 fully saturated rings. The van der Waals surface area contributed by atoms with Crippen molar-refractivity contribution in [2.45, 2.75) is 31.9 Å². The first-order valence-corrected chi connectivity index (χ1v) is 8.27. The van der Waals surface area contributed by atoms with E-state index in [-0.39, 0.29) is 6.04 Å². The fourth-order valence-electron chi connectivity index (χ4n) is 3.38. The van der Waals surface area contributed by atoms with Crippen LogP contribution < -0.4 is 0 Å². The lowest BCUT2D eigenvalue weighted by atomic mass is 9.91. The predicted molar refractivity (Wildman–Crippen MR) is 90.6 cm³/mol. The third-order valence-corrected chi connectivity index (χ3v) is 4.79. The summed E-state index contributed by atoms with van der Waals surface area (Å²) in [5, 5.41) is 11.0. The molecule has 1 saturated heterocycles. The molecule has 1 heterocycles. The molecule has 3 rings (SSSR count). The summed E-state index contributed by atoms with van der Waals surface area (Å²) >= 11 is 0. The molecular formula is C20H25NO. The van der Waals surface area contributed by atoms with Crippen LogP contribution in [0, 0.1) is 5.92 Å². The highest BCUT2D eigenvalue weighted by Crippen LogP contribution is 2.36. The Hall–Kier alpha value is -1.64. The molecule has 22 heavy (non-hydrogen) atoms. The first kappa shape index (κ1) is 15.3. The summed E-state index contributed by atoms with van der Waals surface area (Å²) < 4.78 is 0. The van der Waals surface area contributed by atoms with Gasteiger partial charge in [-0.25, -0.2) is 0 Å². The number of rotatable bonds is 4. The molecule has 0 amide bonds. The van der Waals surface area contributed by atoms with Gasteiger partial charge >= 0.3 is 0 Å². The van der Waals surface area contributed by atoms with Gasteiger partial charge in [-0.1, -0.05) is 67.6 Å². The van der Waals surface area contributed by atoms with Crippen LogP contribution in [0.3, 0.4) is 0 Å². The third-order valence-electron chi connectivity index (χ3n) is 4.79. The Bertz CT molecular complexity index is 561. The number of aliphatic hydroxyl groups excluding tert-OH is 1. The summed E-state index contributed by atoms with van der Waals surface area (Å²) in [7, 11) is 0. The summed E-state index contributed by atoms with van der Waals surface area (Å²) in [6, 6.07) is 20.5. The lowest BCUT2D eigenvalue weighted by molar-refractivity contribution is 0.0284. The van der Waals surface area contributed by atoms with E-state index in [2.05, 4.69) is 36.1 Å². The van der Waals surface area contributed by atoms with Crippen molar-refractivity contribution in [2.75, 3.05) is 13.1 Å². The molecule has 2 aromatic carbocycles. The van der Waals surface area contributed by atoms with Crippen molar-refractivity contribution < 1.29 is 5.11 Å². The maximum atomic E-state index is 11.0. The van der Waals surface area contributed by atoms with E-state index in [1.54, 1.807) is 0 Å². The zero-order valence-electron chi connectivity index (χ0n) is 13.2. The number of hydrogen-bond acceptors (Lipinski definition) is 2. The monoisotopic (exact) mass is 295 g/mol. The van der Waals surface area contributed by atoms with Gasteiger partial charge in [-0.2, -0.15) is 0 Å². The van der Waals surface area contributed by atoms with Crippen LogP contribution in [0.15, 0.2) is 60.7 Å². The summed E-state index contributed by atoms with van der Waals surface area (Å²) in [6.07, 6.45) is 1.94. The summed E-state index contributed by atoms with van der Waals surface area (Å²) in [6.45, 7) is 4.44. The zero-order chi connectivity index (χ0) is 15.4. The highest BCUT2D eigenvalue weighted by Gasteiger charge is 2.30. The topological polar surface area (TPSA) is 23.5 Å². The van der Waals surface area contributed by atoms with Gasteiger partial charge in [0.05, 0.1) is 12.1 Å². The van der Waals surface area contributed by atoms with Crippen LogP contribution in [0.5, 0.6) is 0 Å². The van der Waals surface area contributed by atoms with E-state index in [4.69, 9.17) is 0 Å². The van der Waals surface area contributed by atoms with E-state index in [9.17, 15) is 5.11 Å². The molecule has 2 aromatic rings. The molecule has 2 unspecified atom stereocenters. The first-order chi connectivity index (χ1) is 10.8. The van der Waals surface area contributed by atoms with Crippen molar-refractivity contribution in [2.24, 2.45) is 5.92 Å². The first-order valence-electron chi connectivity index (χ1n) is 8.27. The van der Waals surface area contributed by atoms with E-state index in [0.717, 1.165) is 24.6 Å². The molecule has 0 bridgehead atoms. The lowest BCUT2D eigenvalue weighted by Crippen LogP contribution is -2.38. The molecule has 1 aliphatic heterocycles. The van der Waals surface area contributed by atoms with Gasteiger partial charge in [-0.15, -0.1) is 0 Å². The Morgan fingerprint density at radius 2 is 1.36 bits per heavy atom. The maximum absolute atomic E-state index is 11.0. The number of piperidine rings is 1. The molecule has 2 nitrogen and oxygen atoms in total. The minimum absolute atomic E-state index is 0.0381. The molecule has 2 atom stereocenters. The highest BCUT2D eigenvalue weighted by atomic mass is 16.3. The van der Waals surface area contributed by atoms with Crippen LogP contribution in [-0.4, -0.2) is 23.1 Å². The Balaban J connectivity index is 1.89. The third kappa shape index (κ3) is 3.40. The fourth-order valence-corrected chi connectivity index (χ4v) is 3.38. The van der Waals surface area contributed by atoms with Gasteiger partial charge in [0, 0.05) is 0 Å². The van der Waals surface area contributed by atoms with Gasteiger partial charge < -0.3 is 5.11 Å². The average molecular weight is 295 g/mol. The Morgan fingerprint density at radius 3 is 1.91 bits per heavy atom. The van der Waals surface area contributed by atoms with Gasteiger partial charge in [0.15, 0.2) is 0 Å². The second-order valence-electron chi connectivity index (χ2n) is 6.43. The largest absolute Gasteiger partial charge is 0.386 e. The molecule has 1 aliphatic rings. The normalized spacial score (nSPS) is 19.7. The molecule has 0 spiro atoms. The van der Waals surface area contributed by atoms with E-state index in [1.807, 2.05) is 36.4 Å². The number of likely N-dealkylation sites (tertiary alicyclic amines) is 1. The summed E-state index contributed by atoms with van der Waals surface area (Å²) in [5.41, 5.74) is 2.20. The van der Waals surface area contributed by atoms with Crippen molar-refractivity contribution in [1.82, 2.24) is 4.90 Å². The van der Waals surface area contributed by atoms with Crippen molar-refractivity contribution >= 4 is 0 Å². The molecular weight excluding hydrogens is 270 g/mol. The quantitative estimate of drug-likeness (QED) is 0.914. The van der Waals surface area contributed by atoms with Gasteiger partial charge in [0.2, 0.25) is 0 Å². The fraction of sp³-hybridized carbons (Fsp3) is 0.400. The SMILES string of the molecule is CC1CCN(C(c2ccccc2)C(O)c2ccccc2)CC1. The van der Waals surface area contributed by atoms with Gasteiger partial charge in [-0.05, 0) is 43.0 Å². The van der Waals surface area contributed by atoms with Crippen LogP contribution in [0.4, 0.5) is 0 Å². The molecule has 116 valence electrons. The summed E-state index contributed by atoms with van der Waals surface area (Å²) in [5.74, 6) is 0.793. The van der Waals surface area contributed by atoms with E-state index < -0.39 is 6.10 Å². The van der Waals surface area contributed by atoms with Crippen LogP contribution >= 0.6 is 0 Å². The number of nitrogens with zero attached hydrogens (tertiary/aromatic N) is 1. The van der Waals surface area contributed by atoms with Crippen molar-refractivity contribution in [3.05, 3.63) is 71.8 Å². The minimum Gasteiger partial charge on any atom is -0.386 e. The van der Waals surface area contributed by atoms with Crippen LogP contribution in [-0.2, 0) is 0 Å². The Labute approximate surface area is 133 Å². The van der Waals surface area contributed by atoms with Gasteiger partial charge in [0.1, 0.15) is 0 Å². The molecule has 0 aromatic heterocycles. The van der Waals surface area contributed by atoms with Crippen LogP contribution in [0.2, 0.25) is 0 Å². The lowest BCUT2D eigenvalue weighted by Gasteiger charge is -2.39. The molecule has 1 N–H and O–H groups in total. The van der Waals surface area contributed by atoms with Crippen molar-refractivity contribution in [1.29, 1.82) is 0 Å². The van der Waals surface area contributed by atoms with Gasteiger partial charge in [0.25, 0.3) is 0 Å². The maximum Gasteiger partial charge on any atom is 0.0986 e. The Morgan fingerprint density at radius 1 is 0.864 bits per heavy atom. The predicted octanol–water partition coefficient (Wildman–Crippen LogP) is 4.19. The zero-order valence-corrected chi connectivity index (χ0v) is 13.2. The second-order valence-corrected chi connectivity index (χ2v) is 6.43.